The maximum absolute atomic E-state index is 12.1. The van der Waals surface area contributed by atoms with E-state index < -0.39 is 20.0 Å². The van der Waals surface area contributed by atoms with E-state index in [1.54, 1.807) is 14.0 Å². The van der Waals surface area contributed by atoms with Crippen molar-refractivity contribution in [2.24, 2.45) is 12.2 Å². The first-order valence-corrected chi connectivity index (χ1v) is 8.77. The van der Waals surface area contributed by atoms with E-state index in [1.807, 2.05) is 0 Å². The highest BCUT2D eigenvalue weighted by Crippen LogP contribution is 2.21. The van der Waals surface area contributed by atoms with E-state index in [9.17, 15) is 16.8 Å². The Kier molecular flexibility index (Phi) is 3.78. The molecule has 3 N–H and O–H groups in total. The van der Waals surface area contributed by atoms with E-state index in [4.69, 9.17) is 5.14 Å². The Morgan fingerprint density at radius 2 is 1.90 bits per heavy atom. The quantitative estimate of drug-likeness (QED) is 0.827. The summed E-state index contributed by atoms with van der Waals surface area (Å²) >= 11 is 0. The predicted molar refractivity (Wildman–Crippen MR) is 76.6 cm³/mol. The summed E-state index contributed by atoms with van der Waals surface area (Å²) in [6, 6.07) is 3.87. The first kappa shape index (κ1) is 15.5. The summed E-state index contributed by atoms with van der Waals surface area (Å²) < 4.78 is 50.6. The molecule has 0 bridgehead atoms. The molecule has 2 aromatic rings. The third-order valence-electron chi connectivity index (χ3n) is 2.73. The molecule has 2 rings (SSSR count). The fourth-order valence-corrected chi connectivity index (χ4v) is 3.37. The molecule has 0 spiro atoms. The van der Waals surface area contributed by atoms with Gasteiger partial charge in [-0.05, 0) is 30.7 Å². The average Bonchev–Trinajstić information content (AvgIpc) is 2.78. The second-order valence-corrected chi connectivity index (χ2v) is 7.70. The van der Waals surface area contributed by atoms with E-state index in [0.29, 0.717) is 5.56 Å². The number of aryl methyl sites for hydroxylation is 2. The highest BCUT2D eigenvalue weighted by Gasteiger charge is 2.19. The van der Waals surface area contributed by atoms with Crippen molar-refractivity contribution in [2.45, 2.75) is 16.8 Å². The van der Waals surface area contributed by atoms with Crippen molar-refractivity contribution in [1.29, 1.82) is 0 Å². The van der Waals surface area contributed by atoms with Crippen LogP contribution in [0.1, 0.15) is 5.56 Å². The van der Waals surface area contributed by atoms with Crippen LogP contribution in [-0.2, 0) is 27.1 Å². The first-order chi connectivity index (χ1) is 9.59. The predicted octanol–water partition coefficient (Wildman–Crippen LogP) is 0.177. The van der Waals surface area contributed by atoms with Crippen molar-refractivity contribution in [3.8, 4) is 0 Å². The molecule has 0 aliphatic carbocycles. The number of hydrogen-bond acceptors (Lipinski definition) is 5. The molecule has 0 saturated carbocycles. The lowest BCUT2D eigenvalue weighted by Crippen LogP contribution is -2.15. The molecular formula is C11H14N4O4S2. The van der Waals surface area contributed by atoms with Gasteiger partial charge in [0.25, 0.3) is 10.0 Å². The van der Waals surface area contributed by atoms with Gasteiger partial charge in [-0.3, -0.25) is 4.72 Å². The van der Waals surface area contributed by atoms with Gasteiger partial charge < -0.3 is 4.57 Å². The molecule has 10 heteroatoms. The van der Waals surface area contributed by atoms with Crippen molar-refractivity contribution >= 4 is 25.7 Å². The third kappa shape index (κ3) is 3.40. The Morgan fingerprint density at radius 1 is 1.24 bits per heavy atom. The second kappa shape index (κ2) is 5.13. The molecule has 0 aliphatic heterocycles. The fourth-order valence-electron chi connectivity index (χ4n) is 1.65. The second-order valence-electron chi connectivity index (χ2n) is 4.50. The number of benzene rings is 1. The Labute approximate surface area is 122 Å². The number of nitrogens with zero attached hydrogens (tertiary/aromatic N) is 2. The summed E-state index contributed by atoms with van der Waals surface area (Å²) in [4.78, 5) is 3.68. The van der Waals surface area contributed by atoms with Crippen LogP contribution in [0.4, 0.5) is 5.69 Å². The summed E-state index contributed by atoms with van der Waals surface area (Å²) in [5.74, 6) is 0. The summed E-state index contributed by atoms with van der Waals surface area (Å²) in [6.07, 6.45) is 2.72. The van der Waals surface area contributed by atoms with Crippen LogP contribution in [0.25, 0.3) is 0 Å². The molecule has 0 aliphatic rings. The van der Waals surface area contributed by atoms with Crippen LogP contribution in [0.15, 0.2) is 40.6 Å². The Hall–Kier alpha value is -1.91. The number of hydrogen-bond donors (Lipinski definition) is 2. The van der Waals surface area contributed by atoms with Gasteiger partial charge in [0, 0.05) is 13.2 Å². The van der Waals surface area contributed by atoms with Crippen molar-refractivity contribution in [2.75, 3.05) is 4.72 Å². The van der Waals surface area contributed by atoms with E-state index in [1.165, 1.54) is 35.3 Å². The molecule has 0 saturated heterocycles. The van der Waals surface area contributed by atoms with E-state index in [-0.39, 0.29) is 15.6 Å². The molecule has 0 unspecified atom stereocenters. The zero-order chi connectivity index (χ0) is 15.8. The van der Waals surface area contributed by atoms with Gasteiger partial charge in [0.15, 0.2) is 5.03 Å². The summed E-state index contributed by atoms with van der Waals surface area (Å²) in [5, 5.41) is 4.89. The smallest absolute Gasteiger partial charge is 0.280 e. The lowest BCUT2D eigenvalue weighted by Gasteiger charge is -2.10. The van der Waals surface area contributed by atoms with Gasteiger partial charge >= 0.3 is 0 Å². The molecule has 1 aromatic carbocycles. The third-order valence-corrected chi connectivity index (χ3v) is 4.89. The molecule has 1 aromatic heterocycles. The highest BCUT2D eigenvalue weighted by molar-refractivity contribution is 7.92. The number of nitrogens with two attached hydrogens (primary N) is 1. The average molecular weight is 330 g/mol. The first-order valence-electron chi connectivity index (χ1n) is 5.74. The summed E-state index contributed by atoms with van der Waals surface area (Å²) in [5.41, 5.74) is 0.689. The molecule has 8 nitrogen and oxygen atoms in total. The lowest BCUT2D eigenvalue weighted by molar-refractivity contribution is 0.596. The molecule has 0 atom stereocenters. The number of anilines is 1. The lowest BCUT2D eigenvalue weighted by atomic mass is 10.2. The molecule has 0 amide bonds. The molecule has 21 heavy (non-hydrogen) atoms. The van der Waals surface area contributed by atoms with Crippen LogP contribution in [-0.4, -0.2) is 26.4 Å². The van der Waals surface area contributed by atoms with Crippen molar-refractivity contribution in [1.82, 2.24) is 9.55 Å². The van der Waals surface area contributed by atoms with Gasteiger partial charge in [0.05, 0.1) is 16.9 Å². The van der Waals surface area contributed by atoms with Crippen LogP contribution < -0.4 is 9.86 Å². The number of rotatable bonds is 4. The number of primary sulfonamides is 1. The maximum Gasteiger partial charge on any atom is 0.280 e. The Bertz CT molecular complexity index is 885. The van der Waals surface area contributed by atoms with Gasteiger partial charge in [0.2, 0.25) is 10.0 Å². The van der Waals surface area contributed by atoms with Crippen LogP contribution >= 0.6 is 0 Å². The molecule has 0 fully saturated rings. The number of imidazole rings is 1. The number of sulfonamides is 2. The van der Waals surface area contributed by atoms with Crippen LogP contribution in [0.3, 0.4) is 0 Å². The summed E-state index contributed by atoms with van der Waals surface area (Å²) in [6.45, 7) is 1.57. The topological polar surface area (TPSA) is 124 Å². The SMILES string of the molecule is Cc1cc(S(N)(=O)=O)ccc1NS(=O)(=O)c1cn(C)cn1. The van der Waals surface area contributed by atoms with Crippen molar-refractivity contribution < 1.29 is 16.8 Å². The van der Waals surface area contributed by atoms with Gasteiger partial charge in [-0.2, -0.15) is 8.42 Å². The minimum atomic E-state index is -3.83. The Balaban J connectivity index is 2.36. The van der Waals surface area contributed by atoms with Crippen LogP contribution in [0.2, 0.25) is 0 Å². The number of nitrogens with one attached hydrogen (secondary N) is 1. The van der Waals surface area contributed by atoms with Gasteiger partial charge in [-0.15, -0.1) is 0 Å². The zero-order valence-electron chi connectivity index (χ0n) is 11.3. The standard InChI is InChI=1S/C11H14N4O4S2/c1-8-5-9(20(12,16)17)3-4-10(8)14-21(18,19)11-6-15(2)7-13-11/h3-7,14H,1-2H3,(H2,12,16,17). The van der Waals surface area contributed by atoms with E-state index in [0.717, 1.165) is 0 Å². The molecule has 0 radical (unpaired) electrons. The molecule has 1 heterocycles. The van der Waals surface area contributed by atoms with Gasteiger partial charge in [0.1, 0.15) is 0 Å². The highest BCUT2D eigenvalue weighted by atomic mass is 32.2. The van der Waals surface area contributed by atoms with Crippen LogP contribution in [0, 0.1) is 6.92 Å². The normalized spacial score (nSPS) is 12.3. The largest absolute Gasteiger partial charge is 0.339 e. The van der Waals surface area contributed by atoms with Crippen molar-refractivity contribution in [3.63, 3.8) is 0 Å². The Morgan fingerprint density at radius 3 is 2.38 bits per heavy atom. The van der Waals surface area contributed by atoms with Gasteiger partial charge in [-0.25, -0.2) is 18.5 Å². The minimum absolute atomic E-state index is 0.0826. The number of aromatic nitrogens is 2. The fraction of sp³-hybridized carbons (Fsp3) is 0.182. The molecular weight excluding hydrogens is 316 g/mol. The zero-order valence-corrected chi connectivity index (χ0v) is 12.9. The van der Waals surface area contributed by atoms with E-state index >= 15 is 0 Å². The summed E-state index contributed by atoms with van der Waals surface area (Å²) in [7, 11) is -6.00. The molecule has 114 valence electrons. The maximum atomic E-state index is 12.1. The van der Waals surface area contributed by atoms with Crippen molar-refractivity contribution in [3.05, 3.63) is 36.3 Å². The van der Waals surface area contributed by atoms with Gasteiger partial charge in [-0.1, -0.05) is 0 Å². The monoisotopic (exact) mass is 330 g/mol. The van der Waals surface area contributed by atoms with E-state index in [2.05, 4.69) is 9.71 Å². The van der Waals surface area contributed by atoms with Crippen LogP contribution in [0.5, 0.6) is 0 Å². The minimum Gasteiger partial charge on any atom is -0.339 e.